The van der Waals surface area contributed by atoms with Crippen molar-refractivity contribution in [1.29, 1.82) is 0 Å². The molecule has 0 saturated carbocycles. The Morgan fingerprint density at radius 3 is 2.60 bits per heavy atom. The largest absolute Gasteiger partial charge is 0.451 e. The highest BCUT2D eigenvalue weighted by Gasteiger charge is 2.07. The Morgan fingerprint density at radius 1 is 1.33 bits per heavy atom. The van der Waals surface area contributed by atoms with E-state index in [0.717, 1.165) is 30.5 Å². The first kappa shape index (κ1) is 12.1. The van der Waals surface area contributed by atoms with Crippen molar-refractivity contribution in [3.05, 3.63) is 29.3 Å². The van der Waals surface area contributed by atoms with E-state index < -0.39 is 7.12 Å². The molecule has 1 aromatic rings. The monoisotopic (exact) mass is 207 g/mol. The lowest BCUT2D eigenvalue weighted by atomic mass is 9.83. The van der Waals surface area contributed by atoms with Crippen LogP contribution in [-0.2, 0) is 12.8 Å². The van der Waals surface area contributed by atoms with Crippen LogP contribution in [0.1, 0.15) is 24.5 Å². The highest BCUT2D eigenvalue weighted by atomic mass is 16.4. The summed E-state index contributed by atoms with van der Waals surface area (Å²) < 4.78 is 0. The average Bonchev–Trinajstić information content (AvgIpc) is 2.20. The second-order valence-electron chi connectivity index (χ2n) is 3.76. The van der Waals surface area contributed by atoms with E-state index in [1.54, 1.807) is 0 Å². The second kappa shape index (κ2) is 5.78. The molecule has 4 N–H and O–H groups in total. The number of nitrogen functional groups attached to an aromatic ring is 1. The zero-order valence-corrected chi connectivity index (χ0v) is 9.11. The van der Waals surface area contributed by atoms with Crippen LogP contribution in [0.25, 0.3) is 0 Å². The zero-order chi connectivity index (χ0) is 11.3. The van der Waals surface area contributed by atoms with Gasteiger partial charge >= 0.3 is 7.12 Å². The van der Waals surface area contributed by atoms with Gasteiger partial charge in [0.25, 0.3) is 0 Å². The third-order valence-electron chi connectivity index (χ3n) is 2.53. The average molecular weight is 207 g/mol. The van der Waals surface area contributed by atoms with Gasteiger partial charge in [-0.25, -0.2) is 0 Å². The fourth-order valence-corrected chi connectivity index (χ4v) is 1.57. The van der Waals surface area contributed by atoms with E-state index in [2.05, 4.69) is 13.0 Å². The highest BCUT2D eigenvalue weighted by molar-refractivity contribution is 6.40. The van der Waals surface area contributed by atoms with E-state index in [4.69, 9.17) is 15.8 Å². The smallest absolute Gasteiger partial charge is 0.427 e. The van der Waals surface area contributed by atoms with Gasteiger partial charge in [-0.2, -0.15) is 0 Å². The minimum Gasteiger partial charge on any atom is -0.427 e. The first-order valence-electron chi connectivity index (χ1n) is 5.37. The molecule has 0 unspecified atom stereocenters. The molecule has 0 saturated heterocycles. The molecule has 0 fully saturated rings. The molecule has 1 aromatic carbocycles. The predicted octanol–water partition coefficient (Wildman–Crippen LogP) is 1.24. The van der Waals surface area contributed by atoms with Crippen LogP contribution in [0, 0.1) is 0 Å². The summed E-state index contributed by atoms with van der Waals surface area (Å²) in [6.07, 6.45) is 2.93. The summed E-state index contributed by atoms with van der Waals surface area (Å²) in [6, 6.07) is 6.09. The van der Waals surface area contributed by atoms with Crippen molar-refractivity contribution >= 4 is 12.8 Å². The molecule has 3 nitrogen and oxygen atoms in total. The van der Waals surface area contributed by atoms with Crippen molar-refractivity contribution in [2.45, 2.75) is 32.5 Å². The molecule has 4 heteroatoms. The lowest BCUT2D eigenvalue weighted by Gasteiger charge is -2.07. The van der Waals surface area contributed by atoms with Gasteiger partial charge in [-0.3, -0.25) is 0 Å². The fourth-order valence-electron chi connectivity index (χ4n) is 1.57. The van der Waals surface area contributed by atoms with Crippen LogP contribution in [0.5, 0.6) is 0 Å². The molecule has 0 atom stereocenters. The van der Waals surface area contributed by atoms with Crippen LogP contribution in [0.4, 0.5) is 5.69 Å². The molecule has 0 aliphatic heterocycles. The van der Waals surface area contributed by atoms with E-state index in [-0.39, 0.29) is 0 Å². The topological polar surface area (TPSA) is 66.5 Å². The lowest BCUT2D eigenvalue weighted by molar-refractivity contribution is 0.403. The van der Waals surface area contributed by atoms with Crippen LogP contribution < -0.4 is 5.73 Å². The van der Waals surface area contributed by atoms with Crippen LogP contribution >= 0.6 is 0 Å². The Bertz CT molecular complexity index is 315. The number of benzene rings is 1. The van der Waals surface area contributed by atoms with Crippen LogP contribution in [0.2, 0.25) is 6.32 Å². The normalized spacial score (nSPS) is 10.3. The van der Waals surface area contributed by atoms with E-state index in [9.17, 15) is 0 Å². The summed E-state index contributed by atoms with van der Waals surface area (Å²) in [7, 11) is -1.21. The second-order valence-corrected chi connectivity index (χ2v) is 3.76. The van der Waals surface area contributed by atoms with Gasteiger partial charge in [0.15, 0.2) is 0 Å². The maximum atomic E-state index is 8.71. The van der Waals surface area contributed by atoms with Gasteiger partial charge in [0.2, 0.25) is 0 Å². The maximum Gasteiger partial charge on any atom is 0.451 e. The van der Waals surface area contributed by atoms with Crippen molar-refractivity contribution in [3.63, 3.8) is 0 Å². The minimum atomic E-state index is -1.21. The molecular formula is C11H18BNO2. The summed E-state index contributed by atoms with van der Waals surface area (Å²) in [6.45, 7) is 2.09. The Labute approximate surface area is 91.1 Å². The molecule has 0 heterocycles. The molecule has 0 bridgehead atoms. The van der Waals surface area contributed by atoms with E-state index in [0.29, 0.717) is 6.32 Å². The summed E-state index contributed by atoms with van der Waals surface area (Å²) in [5, 5.41) is 17.4. The molecule has 0 aliphatic carbocycles. The number of aryl methyl sites for hydroxylation is 2. The summed E-state index contributed by atoms with van der Waals surface area (Å²) in [5.41, 5.74) is 9.02. The van der Waals surface area contributed by atoms with Gasteiger partial charge in [-0.05, 0) is 36.4 Å². The lowest BCUT2D eigenvalue weighted by Crippen LogP contribution is -2.10. The van der Waals surface area contributed by atoms with Crippen molar-refractivity contribution in [1.82, 2.24) is 0 Å². The molecule has 0 radical (unpaired) electrons. The third-order valence-corrected chi connectivity index (χ3v) is 2.53. The molecule has 0 aromatic heterocycles. The third kappa shape index (κ3) is 3.94. The molecule has 1 rings (SSSR count). The summed E-state index contributed by atoms with van der Waals surface area (Å²) >= 11 is 0. The van der Waals surface area contributed by atoms with Crippen molar-refractivity contribution < 1.29 is 10.0 Å². The number of anilines is 1. The van der Waals surface area contributed by atoms with Gasteiger partial charge in [-0.15, -0.1) is 0 Å². The summed E-state index contributed by atoms with van der Waals surface area (Å²) in [4.78, 5) is 0. The molecule has 0 spiro atoms. The SMILES string of the molecule is CCc1ccc(CCCB(O)O)c(N)c1. The highest BCUT2D eigenvalue weighted by Crippen LogP contribution is 2.17. The van der Waals surface area contributed by atoms with Gasteiger partial charge in [0.05, 0.1) is 0 Å². The van der Waals surface area contributed by atoms with Crippen LogP contribution in [-0.4, -0.2) is 17.2 Å². The van der Waals surface area contributed by atoms with E-state index >= 15 is 0 Å². The summed E-state index contributed by atoms with van der Waals surface area (Å²) in [5.74, 6) is 0. The number of rotatable bonds is 5. The van der Waals surface area contributed by atoms with Gasteiger partial charge in [0, 0.05) is 5.69 Å². The first-order valence-corrected chi connectivity index (χ1v) is 5.37. The van der Waals surface area contributed by atoms with Gasteiger partial charge in [0.1, 0.15) is 0 Å². The van der Waals surface area contributed by atoms with Crippen molar-refractivity contribution in [3.8, 4) is 0 Å². The first-order chi connectivity index (χ1) is 7.13. The maximum absolute atomic E-state index is 8.71. The van der Waals surface area contributed by atoms with Crippen LogP contribution in [0.15, 0.2) is 18.2 Å². The molecule has 0 aliphatic rings. The molecular weight excluding hydrogens is 189 g/mol. The fraction of sp³-hybridized carbons (Fsp3) is 0.455. The zero-order valence-electron chi connectivity index (χ0n) is 9.11. The number of nitrogens with two attached hydrogens (primary N) is 1. The Morgan fingerprint density at radius 2 is 2.07 bits per heavy atom. The number of hydrogen-bond donors (Lipinski definition) is 3. The molecule has 82 valence electrons. The Balaban J connectivity index is 2.54. The van der Waals surface area contributed by atoms with E-state index in [1.807, 2.05) is 12.1 Å². The van der Waals surface area contributed by atoms with Crippen molar-refractivity contribution in [2.75, 3.05) is 5.73 Å². The van der Waals surface area contributed by atoms with Crippen molar-refractivity contribution in [2.24, 2.45) is 0 Å². The quantitative estimate of drug-likeness (QED) is 0.502. The van der Waals surface area contributed by atoms with Gasteiger partial charge < -0.3 is 15.8 Å². The van der Waals surface area contributed by atoms with Gasteiger partial charge in [-0.1, -0.05) is 25.5 Å². The van der Waals surface area contributed by atoms with E-state index in [1.165, 1.54) is 5.56 Å². The molecule has 15 heavy (non-hydrogen) atoms. The minimum absolute atomic E-state index is 0.398. The molecule has 0 amide bonds. The Kier molecular flexibility index (Phi) is 4.65. The predicted molar refractivity (Wildman–Crippen MR) is 63.6 cm³/mol. The standard InChI is InChI=1S/C11H18BNO2/c1-2-9-5-6-10(11(13)8-9)4-3-7-12(14)15/h5-6,8,14-15H,2-4,7,13H2,1H3. The Hall–Kier alpha value is -0.995. The number of hydrogen-bond acceptors (Lipinski definition) is 3. The van der Waals surface area contributed by atoms with Crippen LogP contribution in [0.3, 0.4) is 0 Å².